The van der Waals surface area contributed by atoms with Crippen molar-refractivity contribution in [3.63, 3.8) is 0 Å². The highest BCUT2D eigenvalue weighted by Gasteiger charge is 2.46. The van der Waals surface area contributed by atoms with E-state index in [1.165, 1.54) is 4.90 Å². The zero-order valence-corrected chi connectivity index (χ0v) is 12.0. The van der Waals surface area contributed by atoms with Crippen LogP contribution in [-0.2, 0) is 6.54 Å². The number of allylic oxidation sites excluding steroid dienone is 1. The Kier molecular flexibility index (Phi) is 4.46. The number of hydrogen-bond acceptors (Lipinski definition) is 3. The van der Waals surface area contributed by atoms with Gasteiger partial charge in [-0.2, -0.15) is 13.2 Å². The third-order valence-electron chi connectivity index (χ3n) is 3.79. The quantitative estimate of drug-likeness (QED) is 0.931. The summed E-state index contributed by atoms with van der Waals surface area (Å²) in [5.74, 6) is 0. The first-order valence-corrected chi connectivity index (χ1v) is 6.85. The summed E-state index contributed by atoms with van der Waals surface area (Å²) in [5, 5.41) is 0. The Morgan fingerprint density at radius 2 is 1.90 bits per heavy atom. The van der Waals surface area contributed by atoms with Crippen LogP contribution in [0.4, 0.5) is 18.9 Å². The lowest BCUT2D eigenvalue weighted by molar-refractivity contribution is -0.179. The van der Waals surface area contributed by atoms with E-state index >= 15 is 0 Å². The molecule has 1 aromatic rings. The molecule has 2 N–H and O–H groups in total. The maximum Gasteiger partial charge on any atom is 0.410 e. The maximum atomic E-state index is 13.2. The number of benzene rings is 1. The van der Waals surface area contributed by atoms with Gasteiger partial charge in [-0.3, -0.25) is 0 Å². The van der Waals surface area contributed by atoms with E-state index in [4.69, 9.17) is 5.73 Å². The van der Waals surface area contributed by atoms with Gasteiger partial charge in [-0.15, -0.1) is 0 Å². The topological polar surface area (TPSA) is 32.5 Å². The lowest BCUT2D eigenvalue weighted by Crippen LogP contribution is -2.58. The molecule has 0 aromatic heterocycles. The average molecular weight is 299 g/mol. The van der Waals surface area contributed by atoms with Crippen LogP contribution in [0.15, 0.2) is 36.5 Å². The Morgan fingerprint density at radius 1 is 1.29 bits per heavy atom. The van der Waals surface area contributed by atoms with Gasteiger partial charge in [-0.25, -0.2) is 0 Å². The molecule has 1 aliphatic rings. The van der Waals surface area contributed by atoms with Crippen molar-refractivity contribution >= 4 is 5.69 Å². The molecule has 6 heteroatoms. The summed E-state index contributed by atoms with van der Waals surface area (Å²) in [6.45, 7) is 6.47. The summed E-state index contributed by atoms with van der Waals surface area (Å²) in [6.07, 6.45) is -4.27. The van der Waals surface area contributed by atoms with Crippen molar-refractivity contribution in [1.82, 2.24) is 4.90 Å². The minimum atomic E-state index is -4.27. The first-order valence-electron chi connectivity index (χ1n) is 6.85. The molecule has 116 valence electrons. The van der Waals surface area contributed by atoms with Crippen molar-refractivity contribution in [2.75, 3.05) is 24.5 Å². The Bertz CT molecular complexity index is 496. The first-order chi connectivity index (χ1) is 9.82. The lowest BCUT2D eigenvalue weighted by Gasteiger charge is -2.44. The predicted octanol–water partition coefficient (Wildman–Crippen LogP) is 2.73. The Labute approximate surface area is 122 Å². The number of hydrogen-bond donors (Lipinski definition) is 1. The molecule has 0 spiro atoms. The maximum absolute atomic E-state index is 13.2. The van der Waals surface area contributed by atoms with Crippen molar-refractivity contribution in [2.45, 2.75) is 25.7 Å². The standard InChI is InChI=1S/C15H20F3N3/c1-11(2)21-8-7-20(10-14(21)15(16,17)18)13-5-3-12(9-19)4-6-13/h3-6,14H,1,7-10,19H2,2H3. The number of nitrogens with zero attached hydrogens (tertiary/aromatic N) is 2. The fourth-order valence-electron chi connectivity index (χ4n) is 2.60. The highest BCUT2D eigenvalue weighted by Crippen LogP contribution is 2.31. The van der Waals surface area contributed by atoms with Crippen LogP contribution in [0.25, 0.3) is 0 Å². The molecular weight excluding hydrogens is 279 g/mol. The molecule has 1 heterocycles. The van der Waals surface area contributed by atoms with Crippen molar-refractivity contribution in [3.05, 3.63) is 42.1 Å². The van der Waals surface area contributed by atoms with Gasteiger partial charge in [-0.1, -0.05) is 18.7 Å². The molecule has 0 aliphatic carbocycles. The van der Waals surface area contributed by atoms with Crippen LogP contribution < -0.4 is 10.6 Å². The van der Waals surface area contributed by atoms with Gasteiger partial charge in [-0.05, 0) is 24.6 Å². The first kappa shape index (κ1) is 15.7. The molecule has 0 radical (unpaired) electrons. The molecule has 1 saturated heterocycles. The second-order valence-electron chi connectivity index (χ2n) is 5.30. The van der Waals surface area contributed by atoms with E-state index in [1.807, 2.05) is 24.3 Å². The fraction of sp³-hybridized carbons (Fsp3) is 0.467. The van der Waals surface area contributed by atoms with E-state index in [1.54, 1.807) is 11.8 Å². The Morgan fingerprint density at radius 3 is 2.38 bits per heavy atom. The number of anilines is 1. The normalized spacial score (nSPS) is 19.8. The zero-order chi connectivity index (χ0) is 15.6. The molecular formula is C15H20F3N3. The molecule has 21 heavy (non-hydrogen) atoms. The van der Waals surface area contributed by atoms with Gasteiger partial charge < -0.3 is 15.5 Å². The monoisotopic (exact) mass is 299 g/mol. The van der Waals surface area contributed by atoms with Gasteiger partial charge in [0.25, 0.3) is 0 Å². The van der Waals surface area contributed by atoms with Crippen LogP contribution in [0.3, 0.4) is 0 Å². The molecule has 2 rings (SSSR count). The SMILES string of the molecule is C=C(C)N1CCN(c2ccc(CN)cc2)CC1C(F)(F)F. The van der Waals surface area contributed by atoms with Gasteiger partial charge in [0.1, 0.15) is 6.04 Å². The van der Waals surface area contributed by atoms with E-state index < -0.39 is 12.2 Å². The van der Waals surface area contributed by atoms with Gasteiger partial charge in [0.05, 0.1) is 0 Å². The number of nitrogens with two attached hydrogens (primary N) is 1. The Balaban J connectivity index is 2.18. The van der Waals surface area contributed by atoms with E-state index in [0.29, 0.717) is 25.3 Å². The number of halogens is 3. The number of alkyl halides is 3. The van der Waals surface area contributed by atoms with E-state index in [0.717, 1.165) is 11.3 Å². The lowest BCUT2D eigenvalue weighted by atomic mass is 10.1. The van der Waals surface area contributed by atoms with Crippen molar-refractivity contribution in [1.29, 1.82) is 0 Å². The molecule has 1 unspecified atom stereocenters. The van der Waals surface area contributed by atoms with Crippen LogP contribution in [0, 0.1) is 0 Å². The summed E-state index contributed by atoms with van der Waals surface area (Å²) in [5.41, 5.74) is 7.74. The minimum Gasteiger partial charge on any atom is -0.367 e. The van der Waals surface area contributed by atoms with E-state index in [2.05, 4.69) is 6.58 Å². The summed E-state index contributed by atoms with van der Waals surface area (Å²) in [4.78, 5) is 3.10. The Hall–Kier alpha value is -1.69. The third kappa shape index (κ3) is 3.50. The van der Waals surface area contributed by atoms with E-state index in [-0.39, 0.29) is 6.54 Å². The summed E-state index contributed by atoms with van der Waals surface area (Å²) in [7, 11) is 0. The molecule has 0 amide bonds. The molecule has 1 aliphatic heterocycles. The van der Waals surface area contributed by atoms with Crippen molar-refractivity contribution < 1.29 is 13.2 Å². The van der Waals surface area contributed by atoms with Crippen molar-refractivity contribution in [3.8, 4) is 0 Å². The summed E-state index contributed by atoms with van der Waals surface area (Å²) < 4.78 is 39.7. The third-order valence-corrected chi connectivity index (χ3v) is 3.79. The van der Waals surface area contributed by atoms with Crippen LogP contribution >= 0.6 is 0 Å². The minimum absolute atomic E-state index is 0.0850. The second kappa shape index (κ2) is 5.97. The van der Waals surface area contributed by atoms with Gasteiger partial charge in [0, 0.05) is 37.6 Å². The van der Waals surface area contributed by atoms with Gasteiger partial charge in [0.2, 0.25) is 0 Å². The van der Waals surface area contributed by atoms with Gasteiger partial charge >= 0.3 is 6.18 Å². The summed E-state index contributed by atoms with van der Waals surface area (Å²) in [6, 6.07) is 5.84. The van der Waals surface area contributed by atoms with Crippen molar-refractivity contribution in [2.24, 2.45) is 5.73 Å². The highest BCUT2D eigenvalue weighted by atomic mass is 19.4. The van der Waals surface area contributed by atoms with E-state index in [9.17, 15) is 13.2 Å². The molecule has 1 aromatic carbocycles. The fourth-order valence-corrected chi connectivity index (χ4v) is 2.60. The van der Waals surface area contributed by atoms with Gasteiger partial charge in [0.15, 0.2) is 0 Å². The molecule has 0 bridgehead atoms. The molecule has 1 fully saturated rings. The smallest absolute Gasteiger partial charge is 0.367 e. The predicted molar refractivity (Wildman–Crippen MR) is 77.9 cm³/mol. The molecule has 0 saturated carbocycles. The van der Waals surface area contributed by atoms with Crippen LogP contribution in [0.2, 0.25) is 0 Å². The average Bonchev–Trinajstić information content (AvgIpc) is 2.45. The van der Waals surface area contributed by atoms with Crippen LogP contribution in [-0.4, -0.2) is 36.8 Å². The molecule has 3 nitrogen and oxygen atoms in total. The largest absolute Gasteiger partial charge is 0.410 e. The highest BCUT2D eigenvalue weighted by molar-refractivity contribution is 5.48. The number of piperazine rings is 1. The molecule has 1 atom stereocenters. The summed E-state index contributed by atoms with van der Waals surface area (Å²) >= 11 is 0. The number of rotatable bonds is 3. The zero-order valence-electron chi connectivity index (χ0n) is 12.0. The van der Waals surface area contributed by atoms with Crippen LogP contribution in [0.1, 0.15) is 12.5 Å². The van der Waals surface area contributed by atoms with Crippen LogP contribution in [0.5, 0.6) is 0 Å². The second-order valence-corrected chi connectivity index (χ2v) is 5.30.